The van der Waals surface area contributed by atoms with E-state index in [0.29, 0.717) is 0 Å². The molecule has 0 aromatic heterocycles. The van der Waals surface area contributed by atoms with Gasteiger partial charge in [0.05, 0.1) is 0 Å². The first-order chi connectivity index (χ1) is 4.34. The van der Waals surface area contributed by atoms with E-state index in [4.69, 9.17) is 11.6 Å². The van der Waals surface area contributed by atoms with Crippen LogP contribution in [-0.2, 0) is 0 Å². The smallest absolute Gasteiger partial charge is 0.109 e. The Kier molecular flexibility index (Phi) is 2.12. The number of halogens is 1. The highest BCUT2D eigenvalue weighted by Gasteiger charge is 1.92. The van der Waals surface area contributed by atoms with Crippen molar-refractivity contribution in [3.05, 3.63) is 41.3 Å². The summed E-state index contributed by atoms with van der Waals surface area (Å²) in [5, 5.41) is 0. The maximum atomic E-state index is 5.38. The van der Waals surface area contributed by atoms with Crippen LogP contribution in [0.25, 0.3) is 0 Å². The van der Waals surface area contributed by atoms with Gasteiger partial charge in [-0.05, 0) is 18.1 Å². The van der Waals surface area contributed by atoms with Gasteiger partial charge < -0.3 is 0 Å². The normalized spacial score (nSPS) is 9.56. The average molecular weight is 139 g/mol. The molecule has 0 aliphatic carbocycles. The van der Waals surface area contributed by atoms with Crippen LogP contribution in [0.2, 0.25) is 0 Å². The minimum Gasteiger partial charge on any atom is -0.109 e. The Morgan fingerprint density at radius 1 is 1.33 bits per heavy atom. The predicted octanol–water partition coefficient (Wildman–Crippen LogP) is 2.62. The van der Waals surface area contributed by atoms with Crippen LogP contribution >= 0.6 is 11.6 Å². The molecule has 2 radical (unpaired) electrons. The molecule has 0 N–H and O–H groups in total. The van der Waals surface area contributed by atoms with Crippen molar-refractivity contribution in [2.75, 3.05) is 0 Å². The standard InChI is InChI=1S/C8H7Cl/c1-7-4-2-3-5-8(7)6-9/h2-5H,1H3. The van der Waals surface area contributed by atoms with Crippen molar-refractivity contribution in [1.29, 1.82) is 0 Å². The molecule has 0 unspecified atom stereocenters. The molecule has 0 aliphatic heterocycles. The number of rotatable bonds is 1. The molecule has 0 heterocycles. The first-order valence-corrected chi connectivity index (χ1v) is 3.14. The lowest BCUT2D eigenvalue weighted by Gasteiger charge is -1.96. The van der Waals surface area contributed by atoms with Gasteiger partial charge in [-0.15, -0.1) is 11.6 Å². The van der Waals surface area contributed by atoms with Crippen molar-refractivity contribution < 1.29 is 0 Å². The molecule has 0 atom stereocenters. The Labute approximate surface area is 60.5 Å². The molecular formula is C8H7Cl. The van der Waals surface area contributed by atoms with E-state index < -0.39 is 0 Å². The highest BCUT2D eigenvalue weighted by molar-refractivity contribution is 6.25. The van der Waals surface area contributed by atoms with Gasteiger partial charge in [0.1, 0.15) is 5.88 Å². The van der Waals surface area contributed by atoms with Crippen molar-refractivity contribution >= 4 is 11.6 Å². The lowest BCUT2D eigenvalue weighted by molar-refractivity contribution is 1.41. The number of benzene rings is 1. The molecule has 0 spiro atoms. The van der Waals surface area contributed by atoms with Crippen molar-refractivity contribution in [3.63, 3.8) is 0 Å². The number of aryl methyl sites for hydroxylation is 1. The average Bonchev–Trinajstić information content (AvgIpc) is 1.89. The molecule has 0 aliphatic rings. The molecule has 0 fully saturated rings. The Morgan fingerprint density at radius 2 is 2.00 bits per heavy atom. The second-order valence-electron chi connectivity index (χ2n) is 1.91. The summed E-state index contributed by atoms with van der Waals surface area (Å²) in [6, 6.07) is 7.86. The summed E-state index contributed by atoms with van der Waals surface area (Å²) in [6.07, 6.45) is 0. The van der Waals surface area contributed by atoms with Crippen LogP contribution in [0.15, 0.2) is 24.3 Å². The van der Waals surface area contributed by atoms with E-state index in [9.17, 15) is 0 Å². The van der Waals surface area contributed by atoms with Gasteiger partial charge in [-0.2, -0.15) is 0 Å². The fraction of sp³-hybridized carbons (Fsp3) is 0.125. The lowest BCUT2D eigenvalue weighted by Crippen LogP contribution is -1.78. The maximum Gasteiger partial charge on any atom is 0.120 e. The third kappa shape index (κ3) is 1.46. The molecule has 0 amide bonds. The highest BCUT2D eigenvalue weighted by Crippen LogP contribution is 2.10. The molecular weight excluding hydrogens is 132 g/mol. The molecule has 1 heteroatoms. The molecule has 0 bridgehead atoms. The van der Waals surface area contributed by atoms with Gasteiger partial charge >= 0.3 is 0 Å². The largest absolute Gasteiger partial charge is 0.120 e. The summed E-state index contributed by atoms with van der Waals surface area (Å²) in [4.78, 5) is 0. The van der Waals surface area contributed by atoms with Gasteiger partial charge in [0.2, 0.25) is 0 Å². The fourth-order valence-corrected chi connectivity index (χ4v) is 0.891. The number of hydrogen-bond donors (Lipinski definition) is 0. The molecule has 46 valence electrons. The SMILES string of the molecule is Cc1ccccc1[C]Cl. The second kappa shape index (κ2) is 2.88. The topological polar surface area (TPSA) is 0 Å². The van der Waals surface area contributed by atoms with Crippen molar-refractivity contribution in [2.45, 2.75) is 6.92 Å². The minimum atomic E-state index is 0.971. The van der Waals surface area contributed by atoms with E-state index in [1.54, 1.807) is 0 Å². The third-order valence-electron chi connectivity index (χ3n) is 1.25. The zero-order valence-electron chi connectivity index (χ0n) is 5.19. The lowest BCUT2D eigenvalue weighted by atomic mass is 10.1. The van der Waals surface area contributed by atoms with Gasteiger partial charge in [0.25, 0.3) is 0 Å². The van der Waals surface area contributed by atoms with Crippen LogP contribution in [0.4, 0.5) is 0 Å². The molecule has 0 saturated heterocycles. The number of hydrogen-bond acceptors (Lipinski definition) is 0. The van der Waals surface area contributed by atoms with Crippen LogP contribution in [-0.4, -0.2) is 0 Å². The first-order valence-electron chi connectivity index (χ1n) is 2.77. The van der Waals surface area contributed by atoms with Crippen molar-refractivity contribution in [3.8, 4) is 0 Å². The van der Waals surface area contributed by atoms with Crippen LogP contribution < -0.4 is 0 Å². The molecule has 0 saturated carbocycles. The Bertz CT molecular complexity index is 194. The van der Waals surface area contributed by atoms with Gasteiger partial charge in [0, 0.05) is 0 Å². The van der Waals surface area contributed by atoms with E-state index in [2.05, 4.69) is 5.88 Å². The first kappa shape index (κ1) is 6.63. The van der Waals surface area contributed by atoms with Crippen LogP contribution in [0.3, 0.4) is 0 Å². The monoisotopic (exact) mass is 138 g/mol. The summed E-state index contributed by atoms with van der Waals surface area (Å²) in [5.74, 6) is 2.57. The highest BCUT2D eigenvalue weighted by atomic mass is 35.5. The predicted molar refractivity (Wildman–Crippen MR) is 39.4 cm³/mol. The molecule has 1 rings (SSSR count). The molecule has 1 aromatic carbocycles. The van der Waals surface area contributed by atoms with E-state index in [0.717, 1.165) is 11.1 Å². The Balaban J connectivity index is 3.01. The zero-order chi connectivity index (χ0) is 6.69. The molecule has 9 heavy (non-hydrogen) atoms. The Hall–Kier alpha value is -0.490. The van der Waals surface area contributed by atoms with E-state index in [1.165, 1.54) is 0 Å². The summed E-state index contributed by atoms with van der Waals surface area (Å²) in [7, 11) is 0. The maximum absolute atomic E-state index is 5.38. The van der Waals surface area contributed by atoms with Crippen LogP contribution in [0.1, 0.15) is 11.1 Å². The fourth-order valence-electron chi connectivity index (χ4n) is 0.679. The zero-order valence-corrected chi connectivity index (χ0v) is 5.94. The van der Waals surface area contributed by atoms with Gasteiger partial charge in [-0.25, -0.2) is 0 Å². The quantitative estimate of drug-likeness (QED) is 0.560. The Morgan fingerprint density at radius 3 is 2.44 bits per heavy atom. The van der Waals surface area contributed by atoms with Crippen LogP contribution in [0.5, 0.6) is 0 Å². The third-order valence-corrected chi connectivity index (χ3v) is 1.45. The van der Waals surface area contributed by atoms with Gasteiger partial charge in [0.15, 0.2) is 0 Å². The summed E-state index contributed by atoms with van der Waals surface area (Å²) >= 11 is 5.38. The van der Waals surface area contributed by atoms with Crippen molar-refractivity contribution in [2.24, 2.45) is 0 Å². The van der Waals surface area contributed by atoms with E-state index in [1.807, 2.05) is 31.2 Å². The van der Waals surface area contributed by atoms with E-state index >= 15 is 0 Å². The van der Waals surface area contributed by atoms with E-state index in [-0.39, 0.29) is 0 Å². The summed E-state index contributed by atoms with van der Waals surface area (Å²) in [6.45, 7) is 2.00. The summed E-state index contributed by atoms with van der Waals surface area (Å²) in [5.41, 5.74) is 2.13. The molecule has 1 aromatic rings. The molecule has 0 nitrogen and oxygen atoms in total. The minimum absolute atomic E-state index is 0.971. The summed E-state index contributed by atoms with van der Waals surface area (Å²) < 4.78 is 0. The van der Waals surface area contributed by atoms with Crippen LogP contribution in [0, 0.1) is 12.8 Å². The van der Waals surface area contributed by atoms with Gasteiger partial charge in [-0.1, -0.05) is 24.3 Å². The van der Waals surface area contributed by atoms with Crippen molar-refractivity contribution in [1.82, 2.24) is 0 Å². The van der Waals surface area contributed by atoms with Gasteiger partial charge in [-0.3, -0.25) is 0 Å². The second-order valence-corrected chi connectivity index (χ2v) is 2.10.